The molecule has 0 bridgehead atoms. The number of imidazole rings is 1. The van der Waals surface area contributed by atoms with Crippen LogP contribution < -0.4 is 4.90 Å². The molecule has 4 rings (SSSR count). The first kappa shape index (κ1) is 19.9. The van der Waals surface area contributed by atoms with Gasteiger partial charge in [0.1, 0.15) is 11.8 Å². The molecule has 0 aliphatic rings. The number of carboxylic acid groups (broad SMARTS) is 1. The van der Waals surface area contributed by atoms with Crippen molar-refractivity contribution in [2.75, 3.05) is 17.2 Å². The zero-order valence-corrected chi connectivity index (χ0v) is 17.3. The van der Waals surface area contributed by atoms with Crippen molar-refractivity contribution in [3.63, 3.8) is 0 Å². The maximum atomic E-state index is 11.6. The lowest BCUT2D eigenvalue weighted by molar-refractivity contribution is 0.202. The van der Waals surface area contributed by atoms with E-state index in [4.69, 9.17) is 0 Å². The third kappa shape index (κ3) is 4.28. The standard InChI is InChI=1S/C22H21N5O2S/c1-16-17(13-26-15-25-21-19(26)12-23-14-24-21)6-5-9-20(16)30-11-10-27(22(28)29)18-7-3-2-4-8-18/h2-9,12,14-15H,10-11,13H2,1H3,(H,28,29). The third-order valence-corrected chi connectivity index (χ3v) is 6.05. The molecule has 2 aromatic heterocycles. The van der Waals surface area contributed by atoms with Crippen molar-refractivity contribution in [3.8, 4) is 0 Å². The summed E-state index contributed by atoms with van der Waals surface area (Å²) in [5.41, 5.74) is 4.63. The first-order chi connectivity index (χ1) is 14.6. The van der Waals surface area contributed by atoms with Gasteiger partial charge in [0.05, 0.1) is 12.5 Å². The Labute approximate surface area is 178 Å². The lowest BCUT2D eigenvalue weighted by Gasteiger charge is -2.19. The molecule has 0 fully saturated rings. The van der Waals surface area contributed by atoms with E-state index in [1.165, 1.54) is 22.4 Å². The number of nitrogens with zero attached hydrogens (tertiary/aromatic N) is 5. The fraction of sp³-hybridized carbons (Fsp3) is 0.182. The Morgan fingerprint density at radius 3 is 2.77 bits per heavy atom. The molecule has 0 aliphatic heterocycles. The van der Waals surface area contributed by atoms with Gasteiger partial charge in [0.15, 0.2) is 5.65 Å². The van der Waals surface area contributed by atoms with Crippen molar-refractivity contribution in [2.45, 2.75) is 18.4 Å². The molecule has 1 amide bonds. The molecule has 0 saturated carbocycles. The molecule has 2 heterocycles. The molecule has 152 valence electrons. The van der Waals surface area contributed by atoms with Gasteiger partial charge in [0.25, 0.3) is 0 Å². The number of fused-ring (bicyclic) bond motifs is 1. The molecule has 0 saturated heterocycles. The molecule has 0 radical (unpaired) electrons. The average Bonchev–Trinajstić information content (AvgIpc) is 3.17. The summed E-state index contributed by atoms with van der Waals surface area (Å²) in [7, 11) is 0. The second-order valence-electron chi connectivity index (χ2n) is 6.76. The van der Waals surface area contributed by atoms with Crippen LogP contribution in [0.2, 0.25) is 0 Å². The van der Waals surface area contributed by atoms with Crippen LogP contribution in [0.3, 0.4) is 0 Å². The van der Waals surface area contributed by atoms with Gasteiger partial charge in [-0.2, -0.15) is 0 Å². The van der Waals surface area contributed by atoms with Crippen LogP contribution in [0.1, 0.15) is 11.1 Å². The van der Waals surface area contributed by atoms with Crippen molar-refractivity contribution in [2.24, 2.45) is 0 Å². The molecule has 4 aromatic rings. The van der Waals surface area contributed by atoms with Gasteiger partial charge in [-0.15, -0.1) is 11.8 Å². The quantitative estimate of drug-likeness (QED) is 0.445. The van der Waals surface area contributed by atoms with E-state index in [2.05, 4.69) is 34.0 Å². The maximum absolute atomic E-state index is 11.6. The first-order valence-corrected chi connectivity index (χ1v) is 10.5. The summed E-state index contributed by atoms with van der Waals surface area (Å²) in [4.78, 5) is 26.8. The lowest BCUT2D eigenvalue weighted by Crippen LogP contribution is -2.31. The van der Waals surface area contributed by atoms with Gasteiger partial charge in [0, 0.05) is 29.4 Å². The minimum atomic E-state index is -0.943. The summed E-state index contributed by atoms with van der Waals surface area (Å²) in [5, 5.41) is 9.55. The second-order valence-corrected chi connectivity index (χ2v) is 7.90. The van der Waals surface area contributed by atoms with E-state index in [1.807, 2.05) is 41.0 Å². The fourth-order valence-corrected chi connectivity index (χ4v) is 4.31. The van der Waals surface area contributed by atoms with Gasteiger partial charge in [-0.1, -0.05) is 30.3 Å². The Morgan fingerprint density at radius 2 is 1.97 bits per heavy atom. The number of hydrogen-bond acceptors (Lipinski definition) is 5. The van der Waals surface area contributed by atoms with Crippen LogP contribution in [0.5, 0.6) is 0 Å². The summed E-state index contributed by atoms with van der Waals surface area (Å²) in [5.74, 6) is 0.660. The Balaban J connectivity index is 1.46. The molecular weight excluding hydrogens is 398 g/mol. The molecule has 0 atom stereocenters. The van der Waals surface area contributed by atoms with E-state index in [0.29, 0.717) is 30.2 Å². The topological polar surface area (TPSA) is 84.1 Å². The highest BCUT2D eigenvalue weighted by molar-refractivity contribution is 7.99. The Hall–Kier alpha value is -3.39. The largest absolute Gasteiger partial charge is 0.465 e. The van der Waals surface area contributed by atoms with Gasteiger partial charge in [-0.25, -0.2) is 19.7 Å². The highest BCUT2D eigenvalue weighted by Crippen LogP contribution is 2.26. The smallest absolute Gasteiger partial charge is 0.411 e. The monoisotopic (exact) mass is 419 g/mol. The maximum Gasteiger partial charge on any atom is 0.411 e. The van der Waals surface area contributed by atoms with E-state index in [0.717, 1.165) is 10.4 Å². The highest BCUT2D eigenvalue weighted by atomic mass is 32.2. The predicted octanol–water partition coefficient (Wildman–Crippen LogP) is 4.46. The molecule has 30 heavy (non-hydrogen) atoms. The minimum absolute atomic E-state index is 0.414. The second kappa shape index (κ2) is 8.96. The average molecular weight is 420 g/mol. The van der Waals surface area contributed by atoms with Crippen LogP contribution >= 0.6 is 11.8 Å². The number of anilines is 1. The first-order valence-electron chi connectivity index (χ1n) is 9.51. The van der Waals surface area contributed by atoms with Crippen molar-refractivity contribution in [1.82, 2.24) is 19.5 Å². The SMILES string of the molecule is Cc1c(Cn2cnc3ncncc32)cccc1SCCN(C(=O)O)c1ccccc1. The summed E-state index contributed by atoms with van der Waals surface area (Å²) in [6.07, 6.45) is 4.11. The Kier molecular flexibility index (Phi) is 5.94. The van der Waals surface area contributed by atoms with Gasteiger partial charge in [0.2, 0.25) is 0 Å². The number of aromatic nitrogens is 4. The third-order valence-electron chi connectivity index (χ3n) is 4.91. The molecule has 1 N–H and O–H groups in total. The fourth-order valence-electron chi connectivity index (χ4n) is 3.29. The van der Waals surface area contributed by atoms with Gasteiger partial charge >= 0.3 is 6.09 Å². The number of thioether (sulfide) groups is 1. The van der Waals surface area contributed by atoms with E-state index in [9.17, 15) is 9.90 Å². The normalized spacial score (nSPS) is 11.0. The van der Waals surface area contributed by atoms with Crippen LogP contribution in [0.25, 0.3) is 11.2 Å². The molecule has 2 aromatic carbocycles. The van der Waals surface area contributed by atoms with E-state index < -0.39 is 6.09 Å². The highest BCUT2D eigenvalue weighted by Gasteiger charge is 2.14. The summed E-state index contributed by atoms with van der Waals surface area (Å²) >= 11 is 1.66. The van der Waals surface area contributed by atoms with Crippen molar-refractivity contribution >= 4 is 34.7 Å². The number of rotatable bonds is 7. The zero-order valence-electron chi connectivity index (χ0n) is 16.5. The number of amides is 1. The summed E-state index contributed by atoms with van der Waals surface area (Å²) in [6.45, 7) is 3.19. The lowest BCUT2D eigenvalue weighted by atomic mass is 10.1. The number of carbonyl (C=O) groups is 1. The van der Waals surface area contributed by atoms with Gasteiger partial charge in [-0.05, 0) is 36.2 Å². The summed E-state index contributed by atoms with van der Waals surface area (Å²) in [6, 6.07) is 15.4. The van der Waals surface area contributed by atoms with Gasteiger partial charge in [-0.3, -0.25) is 4.90 Å². The molecule has 0 spiro atoms. The van der Waals surface area contributed by atoms with Crippen LogP contribution in [-0.4, -0.2) is 43.0 Å². The van der Waals surface area contributed by atoms with Crippen LogP contribution in [-0.2, 0) is 6.54 Å². The van der Waals surface area contributed by atoms with Crippen molar-refractivity contribution < 1.29 is 9.90 Å². The van der Waals surface area contributed by atoms with E-state index >= 15 is 0 Å². The van der Waals surface area contributed by atoms with Crippen molar-refractivity contribution in [1.29, 1.82) is 0 Å². The molecule has 7 nitrogen and oxygen atoms in total. The Morgan fingerprint density at radius 1 is 1.13 bits per heavy atom. The van der Waals surface area contributed by atoms with Gasteiger partial charge < -0.3 is 9.67 Å². The summed E-state index contributed by atoms with van der Waals surface area (Å²) < 4.78 is 2.04. The number of hydrogen-bond donors (Lipinski definition) is 1. The van der Waals surface area contributed by atoms with Crippen LogP contribution in [0.4, 0.5) is 10.5 Å². The zero-order chi connectivity index (χ0) is 20.9. The number of para-hydroxylation sites is 1. The number of benzene rings is 2. The molecular formula is C22H21N5O2S. The van der Waals surface area contributed by atoms with Crippen molar-refractivity contribution in [3.05, 3.63) is 78.5 Å². The molecule has 0 aliphatic carbocycles. The van der Waals surface area contributed by atoms with E-state index in [1.54, 1.807) is 24.3 Å². The van der Waals surface area contributed by atoms with Crippen LogP contribution in [0, 0.1) is 6.92 Å². The van der Waals surface area contributed by atoms with Crippen LogP contribution in [0.15, 0.2) is 72.3 Å². The molecule has 8 heteroatoms. The predicted molar refractivity (Wildman–Crippen MR) is 118 cm³/mol. The minimum Gasteiger partial charge on any atom is -0.465 e. The Bertz CT molecular complexity index is 1160. The van der Waals surface area contributed by atoms with E-state index in [-0.39, 0.29) is 0 Å². The molecule has 0 unspecified atom stereocenters.